The monoisotopic (exact) mass is 386 g/mol. The molecule has 1 heterocycles. The maximum absolute atomic E-state index is 12.2. The van der Waals surface area contributed by atoms with E-state index in [1.807, 2.05) is 12.1 Å². The van der Waals surface area contributed by atoms with Gasteiger partial charge in [-0.25, -0.2) is 10.4 Å². The average molecular weight is 388 g/mol. The number of pyridine rings is 1. The predicted octanol–water partition coefficient (Wildman–Crippen LogP) is 3.79. The fraction of sp³-hybridized carbons (Fsp3) is 0.133. The lowest BCUT2D eigenvalue weighted by atomic mass is 10.1. The number of halogens is 3. The Hall–Kier alpha value is -2.02. The SMILES string of the molecule is COc1ccc(/C(C)=N/NC(=O)c2nc(Cl)c(Cl)c(N)c2Cl)cc1. The first-order valence-electron chi connectivity index (χ1n) is 6.64. The third-order valence-electron chi connectivity index (χ3n) is 3.12. The number of nitrogens with one attached hydrogen (secondary N) is 1. The van der Waals surface area contributed by atoms with E-state index in [9.17, 15) is 4.79 Å². The Bertz CT molecular complexity index is 807. The highest BCUT2D eigenvalue weighted by Gasteiger charge is 2.19. The van der Waals surface area contributed by atoms with E-state index < -0.39 is 5.91 Å². The largest absolute Gasteiger partial charge is 0.497 e. The molecular weight excluding hydrogens is 375 g/mol. The van der Waals surface area contributed by atoms with E-state index >= 15 is 0 Å². The molecule has 0 unspecified atom stereocenters. The van der Waals surface area contributed by atoms with Gasteiger partial charge in [0.2, 0.25) is 0 Å². The number of carbonyl (C=O) groups is 1. The van der Waals surface area contributed by atoms with Crippen LogP contribution in [0.4, 0.5) is 5.69 Å². The van der Waals surface area contributed by atoms with Crippen LogP contribution in [0.5, 0.6) is 5.75 Å². The van der Waals surface area contributed by atoms with Crippen molar-refractivity contribution in [1.29, 1.82) is 0 Å². The van der Waals surface area contributed by atoms with Crippen molar-refractivity contribution in [1.82, 2.24) is 10.4 Å². The van der Waals surface area contributed by atoms with E-state index in [0.29, 0.717) is 5.71 Å². The molecule has 0 radical (unpaired) electrons. The molecule has 0 spiro atoms. The Morgan fingerprint density at radius 1 is 1.21 bits per heavy atom. The van der Waals surface area contributed by atoms with Gasteiger partial charge >= 0.3 is 0 Å². The molecular formula is C15H13Cl3N4O2. The second-order valence-electron chi connectivity index (χ2n) is 4.66. The molecule has 1 aromatic heterocycles. The Balaban J connectivity index is 2.20. The lowest BCUT2D eigenvalue weighted by Crippen LogP contribution is -2.21. The normalized spacial score (nSPS) is 11.3. The number of amides is 1. The van der Waals surface area contributed by atoms with Gasteiger partial charge in [-0.15, -0.1) is 0 Å². The van der Waals surface area contributed by atoms with Crippen LogP contribution in [-0.4, -0.2) is 23.7 Å². The molecule has 126 valence electrons. The Morgan fingerprint density at radius 3 is 2.42 bits per heavy atom. The Kier molecular flexibility index (Phi) is 5.88. The molecule has 24 heavy (non-hydrogen) atoms. The number of anilines is 1. The van der Waals surface area contributed by atoms with Gasteiger partial charge in [0.1, 0.15) is 10.8 Å². The number of benzene rings is 1. The highest BCUT2D eigenvalue weighted by molar-refractivity contribution is 6.46. The molecule has 2 aromatic rings. The van der Waals surface area contributed by atoms with Crippen LogP contribution < -0.4 is 15.9 Å². The van der Waals surface area contributed by atoms with Crippen LogP contribution in [0.1, 0.15) is 23.0 Å². The lowest BCUT2D eigenvalue weighted by Gasteiger charge is -2.08. The van der Waals surface area contributed by atoms with Crippen molar-refractivity contribution >= 4 is 52.1 Å². The highest BCUT2D eigenvalue weighted by Crippen LogP contribution is 2.34. The average Bonchev–Trinajstić information content (AvgIpc) is 2.60. The molecule has 1 amide bonds. The zero-order valence-corrected chi connectivity index (χ0v) is 15.0. The van der Waals surface area contributed by atoms with Crippen molar-refractivity contribution in [2.75, 3.05) is 12.8 Å². The van der Waals surface area contributed by atoms with Crippen molar-refractivity contribution in [3.8, 4) is 5.75 Å². The molecule has 0 aliphatic heterocycles. The van der Waals surface area contributed by atoms with Crippen molar-refractivity contribution < 1.29 is 9.53 Å². The smallest absolute Gasteiger partial charge is 0.291 e. The molecule has 1 aromatic carbocycles. The van der Waals surface area contributed by atoms with Crippen molar-refractivity contribution in [2.45, 2.75) is 6.92 Å². The molecule has 0 aliphatic carbocycles. The molecule has 2 rings (SSSR count). The van der Waals surface area contributed by atoms with Gasteiger partial charge in [0, 0.05) is 0 Å². The first-order valence-corrected chi connectivity index (χ1v) is 7.77. The summed E-state index contributed by atoms with van der Waals surface area (Å²) in [5.74, 6) is 0.0657. The summed E-state index contributed by atoms with van der Waals surface area (Å²) in [5.41, 5.74) is 9.25. The number of nitrogens with two attached hydrogens (primary N) is 1. The molecule has 0 atom stereocenters. The number of hydrogen-bond donors (Lipinski definition) is 2. The van der Waals surface area contributed by atoms with Crippen molar-refractivity contribution in [3.05, 3.63) is 50.7 Å². The molecule has 0 saturated heterocycles. The van der Waals surface area contributed by atoms with E-state index in [1.54, 1.807) is 26.2 Å². The summed E-state index contributed by atoms with van der Waals surface area (Å²) in [4.78, 5) is 16.0. The van der Waals surface area contributed by atoms with Crippen LogP contribution in [0.25, 0.3) is 0 Å². The van der Waals surface area contributed by atoms with E-state index in [2.05, 4.69) is 15.5 Å². The highest BCUT2D eigenvalue weighted by atomic mass is 35.5. The number of methoxy groups -OCH3 is 1. The van der Waals surface area contributed by atoms with Crippen LogP contribution in [0.3, 0.4) is 0 Å². The number of nitrogen functional groups attached to an aromatic ring is 1. The first kappa shape index (κ1) is 18.3. The third-order valence-corrected chi connectivity index (χ3v) is 4.26. The van der Waals surface area contributed by atoms with Crippen LogP contribution in [0.15, 0.2) is 29.4 Å². The fourth-order valence-electron chi connectivity index (χ4n) is 1.77. The second kappa shape index (κ2) is 7.70. The van der Waals surface area contributed by atoms with Gasteiger partial charge in [-0.2, -0.15) is 5.10 Å². The van der Waals surface area contributed by atoms with Crippen LogP contribution >= 0.6 is 34.8 Å². The van der Waals surface area contributed by atoms with Crippen molar-refractivity contribution in [3.63, 3.8) is 0 Å². The number of rotatable bonds is 4. The summed E-state index contributed by atoms with van der Waals surface area (Å²) < 4.78 is 5.08. The van der Waals surface area contributed by atoms with Crippen molar-refractivity contribution in [2.24, 2.45) is 5.10 Å². The van der Waals surface area contributed by atoms with E-state index in [0.717, 1.165) is 11.3 Å². The van der Waals surface area contributed by atoms with Crippen LogP contribution in [0, 0.1) is 0 Å². The lowest BCUT2D eigenvalue weighted by molar-refractivity contribution is 0.0950. The number of aromatic nitrogens is 1. The molecule has 0 saturated carbocycles. The van der Waals surface area contributed by atoms with Gasteiger partial charge in [-0.1, -0.05) is 34.8 Å². The molecule has 0 fully saturated rings. The first-order chi connectivity index (χ1) is 11.3. The predicted molar refractivity (Wildman–Crippen MR) is 96.4 cm³/mol. The third kappa shape index (κ3) is 3.90. The van der Waals surface area contributed by atoms with Gasteiger partial charge < -0.3 is 10.5 Å². The maximum Gasteiger partial charge on any atom is 0.291 e. The number of hydrazone groups is 1. The Morgan fingerprint density at radius 2 is 1.83 bits per heavy atom. The summed E-state index contributed by atoms with van der Waals surface area (Å²) in [6.07, 6.45) is 0. The summed E-state index contributed by atoms with van der Waals surface area (Å²) in [7, 11) is 1.58. The van der Waals surface area contributed by atoms with Gasteiger partial charge in [-0.3, -0.25) is 4.79 Å². The minimum absolute atomic E-state index is 0.00358. The molecule has 6 nitrogen and oxygen atoms in total. The number of hydrogen-bond acceptors (Lipinski definition) is 5. The molecule has 3 N–H and O–H groups in total. The van der Waals surface area contributed by atoms with E-state index in [-0.39, 0.29) is 26.6 Å². The summed E-state index contributed by atoms with van der Waals surface area (Å²) in [5, 5.41) is 3.81. The summed E-state index contributed by atoms with van der Waals surface area (Å²) in [6, 6.07) is 7.20. The van der Waals surface area contributed by atoms with E-state index in [4.69, 9.17) is 45.3 Å². The van der Waals surface area contributed by atoms with Gasteiger partial charge in [0.15, 0.2) is 10.8 Å². The number of nitrogens with zero attached hydrogens (tertiary/aromatic N) is 2. The van der Waals surface area contributed by atoms with Crippen LogP contribution in [0.2, 0.25) is 15.2 Å². The minimum atomic E-state index is -0.655. The van der Waals surface area contributed by atoms with Gasteiger partial charge in [0.25, 0.3) is 5.91 Å². The molecule has 9 heteroatoms. The van der Waals surface area contributed by atoms with Crippen LogP contribution in [-0.2, 0) is 0 Å². The molecule has 0 bridgehead atoms. The Labute approximate surface area is 153 Å². The van der Waals surface area contributed by atoms with Gasteiger partial charge in [0.05, 0.1) is 23.5 Å². The summed E-state index contributed by atoms with van der Waals surface area (Å²) >= 11 is 17.6. The molecule has 0 aliphatic rings. The fourth-order valence-corrected chi connectivity index (χ4v) is 2.36. The number of ether oxygens (including phenoxy) is 1. The van der Waals surface area contributed by atoms with E-state index in [1.165, 1.54) is 0 Å². The van der Waals surface area contributed by atoms with Gasteiger partial charge in [-0.05, 0) is 36.8 Å². The zero-order valence-electron chi connectivity index (χ0n) is 12.7. The number of carbonyl (C=O) groups excluding carboxylic acids is 1. The quantitative estimate of drug-likeness (QED) is 0.474. The summed E-state index contributed by atoms with van der Waals surface area (Å²) in [6.45, 7) is 1.74. The second-order valence-corrected chi connectivity index (χ2v) is 5.77. The standard InChI is InChI=1S/C15H13Cl3N4O2/c1-7(8-3-5-9(24-2)6-4-8)21-22-15(23)13-10(16)12(19)11(17)14(18)20-13/h3-6H,1-2H3,(H2,19,20)(H,22,23)/b21-7+. The maximum atomic E-state index is 12.2. The zero-order chi connectivity index (χ0) is 17.9. The minimum Gasteiger partial charge on any atom is -0.497 e. The topological polar surface area (TPSA) is 89.6 Å².